The largest absolute Gasteiger partial charge is 0.461 e. The van der Waals surface area contributed by atoms with Crippen LogP contribution in [0.1, 0.15) is 45.6 Å². The van der Waals surface area contributed by atoms with E-state index in [9.17, 15) is 9.59 Å². The lowest BCUT2D eigenvalue weighted by Gasteiger charge is -2.24. The second-order valence-electron chi connectivity index (χ2n) is 9.74. The first-order valence-corrected chi connectivity index (χ1v) is 14.5. The minimum absolute atomic E-state index is 0.179. The summed E-state index contributed by atoms with van der Waals surface area (Å²) in [6.07, 6.45) is 9.24. The van der Waals surface area contributed by atoms with E-state index < -0.39 is 16.0 Å². The number of aldehydes is 1. The molecular weight excluding hydrogens is 440 g/mol. The van der Waals surface area contributed by atoms with E-state index in [0.29, 0.717) is 30.1 Å². The van der Waals surface area contributed by atoms with Crippen molar-refractivity contribution in [2.75, 3.05) is 55.7 Å². The summed E-state index contributed by atoms with van der Waals surface area (Å²) in [6, 6.07) is 5.64. The van der Waals surface area contributed by atoms with E-state index in [1.54, 1.807) is 17.7 Å². The standard InChI is InChI=1S/C24H34N4O4S/c1-5-32-24(30)22-12-20(26-28(22)16-31-8-9-33(2,3)4)11-17-6-7-23(25-21(17)15-29)27-13-18-10-19(18)14-27/h6-7,12,15,18-19H,5,8-11,13-14,16H2,1-4H3. The van der Waals surface area contributed by atoms with Gasteiger partial charge >= 0.3 is 5.97 Å². The molecule has 1 aliphatic heterocycles. The van der Waals surface area contributed by atoms with Gasteiger partial charge in [0.15, 0.2) is 6.29 Å². The third-order valence-electron chi connectivity index (χ3n) is 6.15. The predicted molar refractivity (Wildman–Crippen MR) is 131 cm³/mol. The zero-order valence-electron chi connectivity index (χ0n) is 20.0. The normalized spacial score (nSPS) is 19.9. The molecular formula is C24H34N4O4S. The summed E-state index contributed by atoms with van der Waals surface area (Å²) in [7, 11) is -0.657. The van der Waals surface area contributed by atoms with Gasteiger partial charge in [-0.3, -0.25) is 4.79 Å². The molecule has 2 unspecified atom stereocenters. The van der Waals surface area contributed by atoms with E-state index in [4.69, 9.17) is 9.47 Å². The summed E-state index contributed by atoms with van der Waals surface area (Å²) in [5.41, 5.74) is 2.23. The van der Waals surface area contributed by atoms with E-state index in [1.807, 2.05) is 12.1 Å². The number of aromatic nitrogens is 3. The van der Waals surface area contributed by atoms with Crippen molar-refractivity contribution in [1.82, 2.24) is 14.8 Å². The van der Waals surface area contributed by atoms with Crippen LogP contribution in [0.25, 0.3) is 0 Å². The molecule has 1 saturated carbocycles. The number of anilines is 1. The van der Waals surface area contributed by atoms with Gasteiger partial charge in [-0.25, -0.2) is 24.5 Å². The lowest BCUT2D eigenvalue weighted by molar-refractivity contribution is 0.0458. The molecule has 9 heteroatoms. The maximum absolute atomic E-state index is 12.5. The van der Waals surface area contributed by atoms with Crippen LogP contribution in [-0.2, 0) is 22.6 Å². The van der Waals surface area contributed by atoms with Crippen molar-refractivity contribution in [3.63, 3.8) is 0 Å². The van der Waals surface area contributed by atoms with Crippen molar-refractivity contribution in [2.45, 2.75) is 26.5 Å². The first-order valence-electron chi connectivity index (χ1n) is 11.4. The van der Waals surface area contributed by atoms with Crippen LogP contribution in [0.4, 0.5) is 5.82 Å². The molecule has 1 saturated heterocycles. The third-order valence-corrected chi connectivity index (χ3v) is 7.54. The Morgan fingerprint density at radius 2 is 2.00 bits per heavy atom. The van der Waals surface area contributed by atoms with Crippen LogP contribution in [0.3, 0.4) is 0 Å². The Morgan fingerprint density at radius 1 is 1.24 bits per heavy atom. The highest BCUT2D eigenvalue weighted by Gasteiger charge is 2.45. The monoisotopic (exact) mass is 474 g/mol. The average Bonchev–Trinajstić information content (AvgIpc) is 3.17. The number of pyridine rings is 1. The second-order valence-corrected chi connectivity index (χ2v) is 14.3. The summed E-state index contributed by atoms with van der Waals surface area (Å²) in [4.78, 5) is 31.1. The number of carbonyl (C=O) groups is 2. The fourth-order valence-corrected chi connectivity index (χ4v) is 4.80. The van der Waals surface area contributed by atoms with Gasteiger partial charge in [-0.1, -0.05) is 6.07 Å². The Hall–Kier alpha value is -2.39. The fraction of sp³-hybridized carbons (Fsp3) is 0.583. The number of esters is 1. The zero-order chi connectivity index (χ0) is 23.6. The molecule has 8 nitrogen and oxygen atoms in total. The number of piperidine rings is 1. The van der Waals surface area contributed by atoms with Crippen molar-refractivity contribution in [2.24, 2.45) is 11.8 Å². The summed E-state index contributed by atoms with van der Waals surface area (Å²) in [5.74, 6) is 3.00. The zero-order valence-corrected chi connectivity index (χ0v) is 20.8. The lowest BCUT2D eigenvalue weighted by Crippen LogP contribution is -2.23. The van der Waals surface area contributed by atoms with Gasteiger partial charge in [-0.2, -0.15) is 5.10 Å². The van der Waals surface area contributed by atoms with Gasteiger partial charge in [0, 0.05) is 25.3 Å². The van der Waals surface area contributed by atoms with Crippen LogP contribution in [0.5, 0.6) is 0 Å². The Bertz CT molecular complexity index is 1010. The first kappa shape index (κ1) is 23.8. The Balaban J connectivity index is 1.48. The van der Waals surface area contributed by atoms with Crippen molar-refractivity contribution in [3.05, 3.63) is 40.8 Å². The van der Waals surface area contributed by atoms with Gasteiger partial charge in [-0.15, -0.1) is 0 Å². The molecule has 2 aromatic heterocycles. The molecule has 0 amide bonds. The molecule has 33 heavy (non-hydrogen) atoms. The molecule has 180 valence electrons. The molecule has 1 aliphatic carbocycles. The van der Waals surface area contributed by atoms with Crippen molar-refractivity contribution < 1.29 is 19.1 Å². The lowest BCUT2D eigenvalue weighted by atomic mass is 10.1. The Labute approximate surface area is 197 Å². The minimum atomic E-state index is -0.657. The molecule has 0 aromatic carbocycles. The SMILES string of the molecule is CCOC(=O)c1cc(Cc2ccc(N3CC4CC4C3)nc2C=O)nn1COCCS(C)(C)C. The topological polar surface area (TPSA) is 86.5 Å². The van der Waals surface area contributed by atoms with E-state index in [1.165, 1.54) is 6.42 Å². The van der Waals surface area contributed by atoms with E-state index in [-0.39, 0.29) is 13.3 Å². The highest BCUT2D eigenvalue weighted by atomic mass is 32.3. The number of hydrogen-bond donors (Lipinski definition) is 0. The predicted octanol–water partition coefficient (Wildman–Crippen LogP) is 2.98. The summed E-state index contributed by atoms with van der Waals surface area (Å²) >= 11 is 0. The molecule has 0 N–H and O–H groups in total. The maximum atomic E-state index is 12.5. The van der Waals surface area contributed by atoms with Crippen molar-refractivity contribution >= 4 is 28.1 Å². The highest BCUT2D eigenvalue weighted by Crippen LogP contribution is 2.46. The molecule has 2 aromatic rings. The Morgan fingerprint density at radius 3 is 2.67 bits per heavy atom. The van der Waals surface area contributed by atoms with Crippen LogP contribution in [-0.4, -0.2) is 77.8 Å². The molecule has 2 atom stereocenters. The number of nitrogens with zero attached hydrogens (tertiary/aromatic N) is 4. The molecule has 3 heterocycles. The summed E-state index contributed by atoms with van der Waals surface area (Å²) in [5, 5.41) is 4.58. The van der Waals surface area contributed by atoms with Crippen molar-refractivity contribution in [1.29, 1.82) is 0 Å². The van der Waals surface area contributed by atoms with Crippen LogP contribution in [0, 0.1) is 11.8 Å². The van der Waals surface area contributed by atoms with E-state index in [0.717, 1.165) is 48.3 Å². The number of ether oxygens (including phenoxy) is 2. The smallest absolute Gasteiger partial charge is 0.356 e. The molecule has 0 bridgehead atoms. The van der Waals surface area contributed by atoms with Gasteiger partial charge in [0.25, 0.3) is 0 Å². The summed E-state index contributed by atoms with van der Waals surface area (Å²) in [6.45, 7) is 4.90. The van der Waals surface area contributed by atoms with E-state index in [2.05, 4.69) is 33.7 Å². The highest BCUT2D eigenvalue weighted by molar-refractivity contribution is 8.32. The molecule has 2 aliphatic rings. The third kappa shape index (κ3) is 5.95. The first-order chi connectivity index (χ1) is 15.8. The van der Waals surface area contributed by atoms with E-state index >= 15 is 0 Å². The minimum Gasteiger partial charge on any atom is -0.461 e. The second kappa shape index (κ2) is 9.85. The van der Waals surface area contributed by atoms with Crippen molar-refractivity contribution in [3.8, 4) is 0 Å². The number of rotatable bonds is 11. The van der Waals surface area contributed by atoms with Crippen LogP contribution >= 0.6 is 10.0 Å². The average molecular weight is 475 g/mol. The van der Waals surface area contributed by atoms with Gasteiger partial charge in [0.2, 0.25) is 0 Å². The molecule has 0 spiro atoms. The molecule has 0 radical (unpaired) electrons. The quantitative estimate of drug-likeness (QED) is 0.281. The maximum Gasteiger partial charge on any atom is 0.356 e. The summed E-state index contributed by atoms with van der Waals surface area (Å²) < 4.78 is 12.5. The number of hydrogen-bond acceptors (Lipinski definition) is 7. The van der Waals surface area contributed by atoms with Crippen LogP contribution in [0.15, 0.2) is 18.2 Å². The van der Waals surface area contributed by atoms with Gasteiger partial charge < -0.3 is 14.4 Å². The van der Waals surface area contributed by atoms with Crippen LogP contribution < -0.4 is 4.90 Å². The molecule has 4 rings (SSSR count). The number of carbonyl (C=O) groups excluding carboxylic acids is 2. The fourth-order valence-electron chi connectivity index (χ4n) is 4.19. The van der Waals surface area contributed by atoms with Gasteiger partial charge in [-0.05, 0) is 61.6 Å². The van der Waals surface area contributed by atoms with Gasteiger partial charge in [0.1, 0.15) is 23.9 Å². The number of fused-ring (bicyclic) bond motifs is 1. The Kier molecular flexibility index (Phi) is 7.09. The van der Waals surface area contributed by atoms with Crippen LogP contribution in [0.2, 0.25) is 0 Å². The van der Waals surface area contributed by atoms with Gasteiger partial charge in [0.05, 0.1) is 18.9 Å². The molecule has 2 fully saturated rings.